The molecule has 0 saturated heterocycles. The fourth-order valence-electron chi connectivity index (χ4n) is 2.93. The molecule has 0 bridgehead atoms. The van der Waals surface area contributed by atoms with Crippen molar-refractivity contribution in [3.63, 3.8) is 0 Å². The number of aromatic nitrogens is 3. The molecule has 32 heavy (non-hydrogen) atoms. The molecular weight excluding hydrogens is 444 g/mol. The van der Waals surface area contributed by atoms with Gasteiger partial charge in [-0.1, -0.05) is 13.0 Å². The van der Waals surface area contributed by atoms with Crippen LogP contribution in [0, 0.1) is 6.92 Å². The first-order chi connectivity index (χ1) is 15.4. The third-order valence-corrected chi connectivity index (χ3v) is 7.52. The van der Waals surface area contributed by atoms with Crippen molar-refractivity contribution in [1.82, 2.24) is 15.0 Å². The van der Waals surface area contributed by atoms with Crippen molar-refractivity contribution in [3.05, 3.63) is 77.6 Å². The molecule has 0 spiro atoms. The van der Waals surface area contributed by atoms with E-state index in [4.69, 9.17) is 0 Å². The van der Waals surface area contributed by atoms with Crippen molar-refractivity contribution in [2.45, 2.75) is 24.5 Å². The van der Waals surface area contributed by atoms with Gasteiger partial charge in [-0.3, -0.25) is 4.72 Å². The van der Waals surface area contributed by atoms with Crippen LogP contribution in [0.3, 0.4) is 0 Å². The largest absolute Gasteiger partial charge is 0.340 e. The summed E-state index contributed by atoms with van der Waals surface area (Å²) in [4.78, 5) is 14.1. The van der Waals surface area contributed by atoms with E-state index in [0.29, 0.717) is 33.2 Å². The molecule has 0 aliphatic rings. The van der Waals surface area contributed by atoms with Crippen LogP contribution in [0.2, 0.25) is 0 Å². The van der Waals surface area contributed by atoms with Gasteiger partial charge in [0.2, 0.25) is 0 Å². The number of anilines is 5. The minimum Gasteiger partial charge on any atom is -0.340 e. The topological polar surface area (TPSA) is 109 Å². The van der Waals surface area contributed by atoms with Gasteiger partial charge in [-0.15, -0.1) is 11.3 Å². The Labute approximate surface area is 190 Å². The van der Waals surface area contributed by atoms with Crippen LogP contribution in [0.1, 0.15) is 17.6 Å². The summed E-state index contributed by atoms with van der Waals surface area (Å²) in [5.74, 6) is 2.51. The van der Waals surface area contributed by atoms with E-state index in [-0.39, 0.29) is 0 Å². The van der Waals surface area contributed by atoms with Crippen LogP contribution in [-0.2, 0) is 16.4 Å². The molecule has 0 radical (unpaired) electrons. The molecule has 3 heterocycles. The highest BCUT2D eigenvalue weighted by Gasteiger charge is 2.16. The van der Waals surface area contributed by atoms with Crippen LogP contribution in [0.4, 0.5) is 28.8 Å². The molecule has 0 unspecified atom stereocenters. The Balaban J connectivity index is 1.45. The van der Waals surface area contributed by atoms with E-state index in [1.54, 1.807) is 49.5 Å². The van der Waals surface area contributed by atoms with Gasteiger partial charge in [0.15, 0.2) is 0 Å². The Morgan fingerprint density at radius 3 is 2.25 bits per heavy atom. The van der Waals surface area contributed by atoms with Gasteiger partial charge in [-0.25, -0.2) is 23.4 Å². The highest BCUT2D eigenvalue weighted by molar-refractivity contribution is 7.94. The molecule has 1 aromatic carbocycles. The number of pyridine rings is 1. The normalized spacial score (nSPS) is 11.2. The van der Waals surface area contributed by atoms with Crippen molar-refractivity contribution in [1.29, 1.82) is 0 Å². The van der Waals surface area contributed by atoms with Crippen LogP contribution in [0.15, 0.2) is 71.1 Å². The molecule has 8 nitrogen and oxygen atoms in total. The van der Waals surface area contributed by atoms with Crippen molar-refractivity contribution < 1.29 is 8.42 Å². The van der Waals surface area contributed by atoms with E-state index in [1.165, 1.54) is 11.3 Å². The first-order valence-corrected chi connectivity index (χ1v) is 12.2. The molecule has 4 rings (SSSR count). The Morgan fingerprint density at radius 2 is 1.59 bits per heavy atom. The maximum atomic E-state index is 12.6. The van der Waals surface area contributed by atoms with Crippen molar-refractivity contribution >= 4 is 50.2 Å². The van der Waals surface area contributed by atoms with E-state index in [0.717, 1.165) is 17.0 Å². The van der Waals surface area contributed by atoms with Gasteiger partial charge in [0, 0.05) is 28.5 Å². The van der Waals surface area contributed by atoms with Crippen LogP contribution in [0.25, 0.3) is 0 Å². The Morgan fingerprint density at radius 1 is 0.875 bits per heavy atom. The van der Waals surface area contributed by atoms with E-state index in [2.05, 4.69) is 30.3 Å². The maximum absolute atomic E-state index is 12.6. The highest BCUT2D eigenvalue weighted by Crippen LogP contribution is 2.26. The lowest BCUT2D eigenvalue weighted by atomic mass is 10.3. The first-order valence-electron chi connectivity index (χ1n) is 9.93. The standard InChI is InChI=1S/C22H22N6O2S2/c1-3-18-11-12-22(31-18)32(29,30)28-17-9-7-16(8-10-17)26-20-14-21(25-15(2)24-20)27-19-6-4-5-13-23-19/h4-14,28H,3H2,1-2H3,(H2,23,24,25,26,27). The predicted octanol–water partition coefficient (Wildman–Crippen LogP) is 5.09. The lowest BCUT2D eigenvalue weighted by Crippen LogP contribution is -2.11. The number of hydrogen-bond donors (Lipinski definition) is 3. The molecule has 0 saturated carbocycles. The molecule has 10 heteroatoms. The fraction of sp³-hybridized carbons (Fsp3) is 0.136. The fourth-order valence-corrected chi connectivity index (χ4v) is 5.29. The quantitative estimate of drug-likeness (QED) is 0.332. The molecule has 3 N–H and O–H groups in total. The molecule has 4 aromatic rings. The van der Waals surface area contributed by atoms with Crippen molar-refractivity contribution in [2.75, 3.05) is 15.4 Å². The minimum absolute atomic E-state index is 0.306. The zero-order chi connectivity index (χ0) is 22.6. The zero-order valence-electron chi connectivity index (χ0n) is 17.5. The van der Waals surface area contributed by atoms with Gasteiger partial charge in [0.05, 0.1) is 0 Å². The Hall–Kier alpha value is -3.50. The summed E-state index contributed by atoms with van der Waals surface area (Å²) < 4.78 is 28.1. The summed E-state index contributed by atoms with van der Waals surface area (Å²) in [7, 11) is -3.60. The monoisotopic (exact) mass is 466 g/mol. The minimum atomic E-state index is -3.60. The van der Waals surface area contributed by atoms with Crippen LogP contribution in [0.5, 0.6) is 0 Å². The lowest BCUT2D eigenvalue weighted by Gasteiger charge is -2.11. The second-order valence-electron chi connectivity index (χ2n) is 6.91. The van der Waals surface area contributed by atoms with Crippen LogP contribution >= 0.6 is 11.3 Å². The van der Waals surface area contributed by atoms with Crippen molar-refractivity contribution in [3.8, 4) is 0 Å². The molecule has 164 valence electrons. The number of nitrogens with zero attached hydrogens (tertiary/aromatic N) is 3. The van der Waals surface area contributed by atoms with Gasteiger partial charge >= 0.3 is 0 Å². The Bertz CT molecular complexity index is 1310. The van der Waals surface area contributed by atoms with E-state index >= 15 is 0 Å². The summed E-state index contributed by atoms with van der Waals surface area (Å²) in [6, 6.07) is 17.8. The van der Waals surface area contributed by atoms with Gasteiger partial charge in [0.1, 0.15) is 27.5 Å². The lowest BCUT2D eigenvalue weighted by molar-refractivity contribution is 0.603. The summed E-state index contributed by atoms with van der Waals surface area (Å²) in [5.41, 5.74) is 1.25. The summed E-state index contributed by atoms with van der Waals surface area (Å²) in [6.45, 7) is 3.80. The van der Waals surface area contributed by atoms with Gasteiger partial charge < -0.3 is 10.6 Å². The average molecular weight is 467 g/mol. The SMILES string of the molecule is CCc1ccc(S(=O)(=O)Nc2ccc(Nc3cc(Nc4ccccn4)nc(C)n3)cc2)s1. The average Bonchev–Trinajstić information content (AvgIpc) is 3.26. The molecule has 0 atom stereocenters. The highest BCUT2D eigenvalue weighted by atomic mass is 32.2. The number of rotatable bonds is 8. The number of aryl methyl sites for hydroxylation is 2. The summed E-state index contributed by atoms with van der Waals surface area (Å²) in [6.07, 6.45) is 2.51. The second-order valence-corrected chi connectivity index (χ2v) is 9.99. The molecule has 0 amide bonds. The Kier molecular flexibility index (Phi) is 6.33. The molecular formula is C22H22N6O2S2. The summed E-state index contributed by atoms with van der Waals surface area (Å²) in [5, 5.41) is 6.37. The number of benzene rings is 1. The maximum Gasteiger partial charge on any atom is 0.271 e. The molecule has 0 fully saturated rings. The molecule has 0 aliphatic heterocycles. The second kappa shape index (κ2) is 9.33. The number of thiophene rings is 1. The molecule has 0 aliphatic carbocycles. The smallest absolute Gasteiger partial charge is 0.271 e. The number of sulfonamides is 1. The third kappa shape index (κ3) is 5.40. The van der Waals surface area contributed by atoms with Gasteiger partial charge in [-0.2, -0.15) is 0 Å². The first kappa shape index (κ1) is 21.7. The van der Waals surface area contributed by atoms with E-state index in [9.17, 15) is 8.42 Å². The van der Waals surface area contributed by atoms with Gasteiger partial charge in [0.25, 0.3) is 10.0 Å². The van der Waals surface area contributed by atoms with Gasteiger partial charge in [-0.05, 0) is 61.9 Å². The zero-order valence-corrected chi connectivity index (χ0v) is 19.2. The predicted molar refractivity (Wildman–Crippen MR) is 129 cm³/mol. The summed E-state index contributed by atoms with van der Waals surface area (Å²) >= 11 is 1.28. The van der Waals surface area contributed by atoms with Crippen LogP contribution in [-0.4, -0.2) is 23.4 Å². The van der Waals surface area contributed by atoms with Crippen molar-refractivity contribution in [2.24, 2.45) is 0 Å². The van der Waals surface area contributed by atoms with Crippen LogP contribution < -0.4 is 15.4 Å². The molecule has 3 aromatic heterocycles. The van der Waals surface area contributed by atoms with E-state index < -0.39 is 10.0 Å². The van der Waals surface area contributed by atoms with E-state index in [1.807, 2.05) is 31.2 Å². The number of hydrogen-bond acceptors (Lipinski definition) is 8. The third-order valence-electron chi connectivity index (χ3n) is 4.42. The number of nitrogens with one attached hydrogen (secondary N) is 3.